The summed E-state index contributed by atoms with van der Waals surface area (Å²) >= 11 is 0. The summed E-state index contributed by atoms with van der Waals surface area (Å²) in [4.78, 5) is 23.6. The molecule has 0 aliphatic carbocycles. The monoisotopic (exact) mass is 277 g/mol. The van der Waals surface area contributed by atoms with Crippen LogP contribution in [0.4, 0.5) is 0 Å². The van der Waals surface area contributed by atoms with Gasteiger partial charge in [-0.05, 0) is 32.8 Å². The second-order valence-corrected chi connectivity index (χ2v) is 5.19. The fourth-order valence-electron chi connectivity index (χ4n) is 1.76. The normalized spacial score (nSPS) is 13.7. The summed E-state index contributed by atoms with van der Waals surface area (Å²) < 4.78 is 0. The van der Waals surface area contributed by atoms with Crippen LogP contribution in [-0.2, 0) is 16.0 Å². The first-order valence-electron chi connectivity index (χ1n) is 6.80. The fraction of sp³-hybridized carbons (Fsp3) is 0.467. The van der Waals surface area contributed by atoms with Crippen molar-refractivity contribution < 1.29 is 9.59 Å². The molecule has 0 aliphatic heterocycles. The molecule has 1 rings (SSSR count). The zero-order chi connectivity index (χ0) is 15.1. The van der Waals surface area contributed by atoms with Gasteiger partial charge in [0.25, 0.3) is 0 Å². The van der Waals surface area contributed by atoms with E-state index < -0.39 is 12.1 Å². The van der Waals surface area contributed by atoms with Crippen LogP contribution in [0.5, 0.6) is 0 Å². The van der Waals surface area contributed by atoms with E-state index in [1.165, 1.54) is 0 Å². The van der Waals surface area contributed by atoms with E-state index >= 15 is 0 Å². The quantitative estimate of drug-likeness (QED) is 0.711. The summed E-state index contributed by atoms with van der Waals surface area (Å²) in [5.74, 6) is -0.527. The van der Waals surface area contributed by atoms with E-state index in [-0.39, 0.29) is 17.9 Å². The standard InChI is InChI=1S/C15H23N3O2/c1-10(2)17-14(19)11(3)18-15(20)13(16)9-12-7-5-4-6-8-12/h4-8,10-11,13H,9,16H2,1-3H3,(H,17,19)(H,18,20)/t11?,13-/m1/s1. The van der Waals surface area contributed by atoms with Gasteiger partial charge in [-0.3, -0.25) is 9.59 Å². The van der Waals surface area contributed by atoms with E-state index in [4.69, 9.17) is 5.73 Å². The molecule has 1 unspecified atom stereocenters. The molecule has 1 aromatic rings. The van der Waals surface area contributed by atoms with Crippen molar-refractivity contribution in [3.63, 3.8) is 0 Å². The van der Waals surface area contributed by atoms with E-state index in [9.17, 15) is 9.59 Å². The van der Waals surface area contributed by atoms with Crippen molar-refractivity contribution >= 4 is 11.8 Å². The first kappa shape index (κ1) is 16.2. The third-order valence-electron chi connectivity index (χ3n) is 2.82. The number of benzene rings is 1. The van der Waals surface area contributed by atoms with Crippen LogP contribution in [0.3, 0.4) is 0 Å². The molecule has 0 spiro atoms. The van der Waals surface area contributed by atoms with Gasteiger partial charge in [-0.2, -0.15) is 0 Å². The number of hydrogen-bond donors (Lipinski definition) is 3. The van der Waals surface area contributed by atoms with Crippen molar-refractivity contribution in [2.24, 2.45) is 5.73 Å². The number of nitrogens with two attached hydrogens (primary N) is 1. The predicted octanol–water partition coefficient (Wildman–Crippen LogP) is 0.586. The van der Waals surface area contributed by atoms with Crippen LogP contribution in [0.25, 0.3) is 0 Å². The number of carbonyl (C=O) groups is 2. The third kappa shape index (κ3) is 5.40. The summed E-state index contributed by atoms with van der Waals surface area (Å²) in [6.45, 7) is 5.38. The summed E-state index contributed by atoms with van der Waals surface area (Å²) in [6, 6.07) is 8.34. The highest BCUT2D eigenvalue weighted by Gasteiger charge is 2.20. The van der Waals surface area contributed by atoms with Crippen LogP contribution >= 0.6 is 0 Å². The highest BCUT2D eigenvalue weighted by molar-refractivity contribution is 5.89. The number of rotatable bonds is 6. The molecule has 0 saturated heterocycles. The molecule has 2 atom stereocenters. The topological polar surface area (TPSA) is 84.2 Å². The third-order valence-corrected chi connectivity index (χ3v) is 2.82. The van der Waals surface area contributed by atoms with Gasteiger partial charge < -0.3 is 16.4 Å². The minimum absolute atomic E-state index is 0.0415. The molecule has 110 valence electrons. The first-order chi connectivity index (χ1) is 9.40. The lowest BCUT2D eigenvalue weighted by Crippen LogP contribution is -2.51. The van der Waals surface area contributed by atoms with Crippen molar-refractivity contribution in [2.45, 2.75) is 45.3 Å². The highest BCUT2D eigenvalue weighted by atomic mass is 16.2. The molecule has 5 heteroatoms. The van der Waals surface area contributed by atoms with Crippen LogP contribution in [0.15, 0.2) is 30.3 Å². The molecule has 0 heterocycles. The van der Waals surface area contributed by atoms with Crippen molar-refractivity contribution in [3.05, 3.63) is 35.9 Å². The lowest BCUT2D eigenvalue weighted by atomic mass is 10.1. The number of nitrogens with one attached hydrogen (secondary N) is 2. The maximum absolute atomic E-state index is 11.9. The minimum Gasteiger partial charge on any atom is -0.352 e. The average molecular weight is 277 g/mol. The molecular weight excluding hydrogens is 254 g/mol. The molecule has 0 fully saturated rings. The van der Waals surface area contributed by atoms with Gasteiger partial charge in [-0.1, -0.05) is 30.3 Å². The Morgan fingerprint density at radius 1 is 1.05 bits per heavy atom. The van der Waals surface area contributed by atoms with Crippen molar-refractivity contribution in [1.29, 1.82) is 0 Å². The maximum atomic E-state index is 11.9. The zero-order valence-electron chi connectivity index (χ0n) is 12.2. The molecule has 5 nitrogen and oxygen atoms in total. The second-order valence-electron chi connectivity index (χ2n) is 5.19. The maximum Gasteiger partial charge on any atom is 0.242 e. The highest BCUT2D eigenvalue weighted by Crippen LogP contribution is 2.02. The molecule has 0 saturated carbocycles. The Morgan fingerprint density at radius 2 is 1.65 bits per heavy atom. The Morgan fingerprint density at radius 3 is 2.20 bits per heavy atom. The van der Waals surface area contributed by atoms with Gasteiger partial charge in [-0.15, -0.1) is 0 Å². The zero-order valence-corrected chi connectivity index (χ0v) is 12.2. The molecule has 2 amide bonds. The van der Waals surface area contributed by atoms with Crippen LogP contribution in [0.1, 0.15) is 26.3 Å². The lowest BCUT2D eigenvalue weighted by molar-refractivity contribution is -0.129. The summed E-state index contributed by atoms with van der Waals surface area (Å²) in [5.41, 5.74) is 6.85. The van der Waals surface area contributed by atoms with E-state index in [2.05, 4.69) is 10.6 Å². The van der Waals surface area contributed by atoms with Gasteiger partial charge in [0.15, 0.2) is 0 Å². The van der Waals surface area contributed by atoms with Crippen LogP contribution in [0, 0.1) is 0 Å². The van der Waals surface area contributed by atoms with Crippen LogP contribution < -0.4 is 16.4 Å². The summed E-state index contributed by atoms with van der Waals surface area (Å²) in [6.07, 6.45) is 0.450. The first-order valence-corrected chi connectivity index (χ1v) is 6.80. The van der Waals surface area contributed by atoms with Gasteiger partial charge in [-0.25, -0.2) is 0 Å². The molecule has 0 aromatic heterocycles. The van der Waals surface area contributed by atoms with Gasteiger partial charge >= 0.3 is 0 Å². The predicted molar refractivity (Wildman–Crippen MR) is 79.0 cm³/mol. The van der Waals surface area contributed by atoms with Gasteiger partial charge in [0.05, 0.1) is 6.04 Å². The Balaban J connectivity index is 2.47. The lowest BCUT2D eigenvalue weighted by Gasteiger charge is -2.18. The van der Waals surface area contributed by atoms with Crippen molar-refractivity contribution in [2.75, 3.05) is 0 Å². The van der Waals surface area contributed by atoms with E-state index in [0.29, 0.717) is 6.42 Å². The van der Waals surface area contributed by atoms with Gasteiger partial charge in [0, 0.05) is 6.04 Å². The van der Waals surface area contributed by atoms with E-state index in [0.717, 1.165) is 5.56 Å². The number of amides is 2. The van der Waals surface area contributed by atoms with Crippen LogP contribution in [0.2, 0.25) is 0 Å². The molecule has 1 aromatic carbocycles. The van der Waals surface area contributed by atoms with Crippen molar-refractivity contribution in [3.8, 4) is 0 Å². The Kier molecular flexibility index (Phi) is 6.18. The van der Waals surface area contributed by atoms with E-state index in [1.54, 1.807) is 6.92 Å². The van der Waals surface area contributed by atoms with Crippen LogP contribution in [-0.4, -0.2) is 29.9 Å². The Bertz CT molecular complexity index is 446. The van der Waals surface area contributed by atoms with Gasteiger partial charge in [0.2, 0.25) is 11.8 Å². The smallest absolute Gasteiger partial charge is 0.242 e. The number of carbonyl (C=O) groups excluding carboxylic acids is 2. The Hall–Kier alpha value is -1.88. The van der Waals surface area contributed by atoms with Crippen molar-refractivity contribution in [1.82, 2.24) is 10.6 Å². The summed E-state index contributed by atoms with van der Waals surface area (Å²) in [5, 5.41) is 5.37. The SMILES string of the molecule is CC(C)NC(=O)C(C)NC(=O)[C@H](N)Cc1ccccc1. The second kappa shape index (κ2) is 7.65. The molecule has 0 bridgehead atoms. The Labute approximate surface area is 119 Å². The summed E-state index contributed by atoms with van der Waals surface area (Å²) in [7, 11) is 0. The molecule has 0 radical (unpaired) electrons. The minimum atomic E-state index is -0.660. The van der Waals surface area contributed by atoms with Gasteiger partial charge in [0.1, 0.15) is 6.04 Å². The van der Waals surface area contributed by atoms with E-state index in [1.807, 2.05) is 44.2 Å². The molecule has 4 N–H and O–H groups in total. The average Bonchev–Trinajstić information content (AvgIpc) is 2.38. The molecule has 0 aliphatic rings. The molecule has 20 heavy (non-hydrogen) atoms. The largest absolute Gasteiger partial charge is 0.352 e. The fourth-order valence-corrected chi connectivity index (χ4v) is 1.76. The number of hydrogen-bond acceptors (Lipinski definition) is 3. The molecular formula is C15H23N3O2.